The van der Waals surface area contributed by atoms with Gasteiger partial charge >= 0.3 is 0 Å². The number of rotatable bonds is 1. The first-order valence-corrected chi connectivity index (χ1v) is 5.05. The number of hydrogen-bond donors (Lipinski definition) is 0. The molecule has 1 aliphatic rings. The molecule has 4 heteroatoms. The van der Waals surface area contributed by atoms with Crippen molar-refractivity contribution in [2.24, 2.45) is 4.99 Å². The van der Waals surface area contributed by atoms with Crippen molar-refractivity contribution in [3.05, 3.63) is 23.5 Å². The van der Waals surface area contributed by atoms with Gasteiger partial charge in [-0.1, -0.05) is 11.6 Å². The van der Waals surface area contributed by atoms with E-state index in [1.165, 1.54) is 0 Å². The minimum atomic E-state index is 0.528. The van der Waals surface area contributed by atoms with E-state index in [0.717, 1.165) is 31.0 Å². The van der Waals surface area contributed by atoms with Crippen molar-refractivity contribution >= 4 is 23.1 Å². The van der Waals surface area contributed by atoms with Gasteiger partial charge in [0.05, 0.1) is 11.9 Å². The first kappa shape index (κ1) is 9.46. The summed E-state index contributed by atoms with van der Waals surface area (Å²) < 4.78 is 0. The van der Waals surface area contributed by atoms with Crippen molar-refractivity contribution in [1.82, 2.24) is 4.98 Å². The smallest absolute Gasteiger partial charge is 0.129 e. The molecule has 0 spiro atoms. The van der Waals surface area contributed by atoms with Crippen molar-refractivity contribution in [3.63, 3.8) is 0 Å². The molecule has 0 bridgehead atoms. The molecule has 0 saturated carbocycles. The number of aliphatic imine (C=N–C) groups is 1. The third-order valence-corrected chi connectivity index (χ3v) is 2.52. The highest BCUT2D eigenvalue weighted by Crippen LogP contribution is 2.18. The lowest BCUT2D eigenvalue weighted by Crippen LogP contribution is -2.33. The fraction of sp³-hybridized carbons (Fsp3) is 0.400. The lowest BCUT2D eigenvalue weighted by atomic mass is 10.2. The van der Waals surface area contributed by atoms with E-state index in [0.29, 0.717) is 5.15 Å². The second kappa shape index (κ2) is 3.96. The van der Waals surface area contributed by atoms with E-state index in [1.807, 2.05) is 13.0 Å². The largest absolute Gasteiger partial charge is 0.329 e. The van der Waals surface area contributed by atoms with Gasteiger partial charge in [-0.15, -0.1) is 0 Å². The van der Waals surface area contributed by atoms with Crippen LogP contribution in [0.2, 0.25) is 5.15 Å². The van der Waals surface area contributed by atoms with E-state index in [4.69, 9.17) is 11.6 Å². The van der Waals surface area contributed by atoms with Crippen molar-refractivity contribution < 1.29 is 0 Å². The van der Waals surface area contributed by atoms with Gasteiger partial charge in [0.15, 0.2) is 0 Å². The third kappa shape index (κ3) is 1.87. The molecular formula is C10H12ClN3. The molecule has 14 heavy (non-hydrogen) atoms. The molecule has 0 atom stereocenters. The van der Waals surface area contributed by atoms with Crippen LogP contribution in [0.15, 0.2) is 23.3 Å². The predicted molar refractivity (Wildman–Crippen MR) is 59.2 cm³/mol. The van der Waals surface area contributed by atoms with E-state index in [-0.39, 0.29) is 0 Å². The monoisotopic (exact) mass is 209 g/mol. The number of halogens is 1. The fourth-order valence-electron chi connectivity index (χ4n) is 1.56. The number of amidine groups is 1. The van der Waals surface area contributed by atoms with Gasteiger partial charge in [0.1, 0.15) is 11.0 Å². The lowest BCUT2D eigenvalue weighted by Gasteiger charge is -2.27. The molecule has 1 aromatic heterocycles. The minimum Gasteiger partial charge on any atom is -0.329 e. The van der Waals surface area contributed by atoms with Crippen LogP contribution in [0, 0.1) is 0 Å². The van der Waals surface area contributed by atoms with E-state index >= 15 is 0 Å². The molecule has 0 radical (unpaired) electrons. The summed E-state index contributed by atoms with van der Waals surface area (Å²) >= 11 is 5.73. The Morgan fingerprint density at radius 2 is 2.29 bits per heavy atom. The molecule has 0 aromatic carbocycles. The number of nitrogens with zero attached hydrogens (tertiary/aromatic N) is 3. The summed E-state index contributed by atoms with van der Waals surface area (Å²) in [6.07, 6.45) is 2.88. The highest BCUT2D eigenvalue weighted by Gasteiger charge is 2.12. The third-order valence-electron chi connectivity index (χ3n) is 2.29. The number of anilines is 1. The molecule has 1 aliphatic heterocycles. The summed E-state index contributed by atoms with van der Waals surface area (Å²) in [7, 11) is 0. The Labute approximate surface area is 88.4 Å². The Kier molecular flexibility index (Phi) is 2.68. The van der Waals surface area contributed by atoms with E-state index in [1.54, 1.807) is 12.3 Å². The highest BCUT2D eigenvalue weighted by molar-refractivity contribution is 6.29. The minimum absolute atomic E-state index is 0.528. The zero-order valence-electron chi connectivity index (χ0n) is 8.07. The van der Waals surface area contributed by atoms with Crippen LogP contribution in [0.5, 0.6) is 0 Å². The van der Waals surface area contributed by atoms with E-state index < -0.39 is 0 Å². The van der Waals surface area contributed by atoms with Gasteiger partial charge in [0.25, 0.3) is 0 Å². The van der Waals surface area contributed by atoms with Crippen molar-refractivity contribution in [3.8, 4) is 0 Å². The molecule has 2 rings (SSSR count). The summed E-state index contributed by atoms with van der Waals surface area (Å²) in [4.78, 5) is 10.6. The number of aromatic nitrogens is 1. The molecule has 2 heterocycles. The van der Waals surface area contributed by atoms with E-state index in [9.17, 15) is 0 Å². The van der Waals surface area contributed by atoms with Crippen LogP contribution in [-0.4, -0.2) is 23.9 Å². The molecule has 0 N–H and O–H groups in total. The van der Waals surface area contributed by atoms with Gasteiger partial charge < -0.3 is 4.90 Å². The lowest BCUT2D eigenvalue weighted by molar-refractivity contribution is 0.786. The van der Waals surface area contributed by atoms with Crippen molar-refractivity contribution in [2.75, 3.05) is 18.0 Å². The summed E-state index contributed by atoms with van der Waals surface area (Å²) in [5.41, 5.74) is 1.07. The van der Waals surface area contributed by atoms with Gasteiger partial charge in [-0.3, -0.25) is 4.99 Å². The average Bonchev–Trinajstić information content (AvgIpc) is 2.20. The SMILES string of the molecule is CC1=NCCCN1c1ccc(Cl)nc1. The Bertz CT molecular complexity index is 345. The van der Waals surface area contributed by atoms with E-state index in [2.05, 4.69) is 14.9 Å². The van der Waals surface area contributed by atoms with Crippen molar-refractivity contribution in [2.45, 2.75) is 13.3 Å². The van der Waals surface area contributed by atoms with Crippen LogP contribution >= 0.6 is 11.6 Å². The quantitative estimate of drug-likeness (QED) is 0.665. The molecule has 0 aliphatic carbocycles. The predicted octanol–water partition coefficient (Wildman–Crippen LogP) is 2.36. The van der Waals surface area contributed by atoms with Gasteiger partial charge in [0.2, 0.25) is 0 Å². The first-order valence-electron chi connectivity index (χ1n) is 4.67. The maximum absolute atomic E-state index is 5.73. The molecule has 3 nitrogen and oxygen atoms in total. The summed E-state index contributed by atoms with van der Waals surface area (Å²) in [5, 5.41) is 0.528. The van der Waals surface area contributed by atoms with Crippen LogP contribution in [0.25, 0.3) is 0 Å². The van der Waals surface area contributed by atoms with Crippen molar-refractivity contribution in [1.29, 1.82) is 0 Å². The molecular weight excluding hydrogens is 198 g/mol. The van der Waals surface area contributed by atoms with Gasteiger partial charge in [-0.25, -0.2) is 4.98 Å². The zero-order valence-corrected chi connectivity index (χ0v) is 8.83. The van der Waals surface area contributed by atoms with Crippen LogP contribution in [0.1, 0.15) is 13.3 Å². The maximum Gasteiger partial charge on any atom is 0.129 e. The van der Waals surface area contributed by atoms with Crippen LogP contribution < -0.4 is 4.90 Å². The van der Waals surface area contributed by atoms with Crippen LogP contribution in [-0.2, 0) is 0 Å². The molecule has 0 saturated heterocycles. The topological polar surface area (TPSA) is 28.5 Å². The molecule has 0 fully saturated rings. The second-order valence-corrected chi connectivity index (χ2v) is 3.66. The molecule has 74 valence electrons. The average molecular weight is 210 g/mol. The van der Waals surface area contributed by atoms with Gasteiger partial charge in [0, 0.05) is 13.1 Å². The number of hydrogen-bond acceptors (Lipinski definition) is 3. The fourth-order valence-corrected chi connectivity index (χ4v) is 1.67. The Morgan fingerprint density at radius 1 is 1.43 bits per heavy atom. The second-order valence-electron chi connectivity index (χ2n) is 3.27. The summed E-state index contributed by atoms with van der Waals surface area (Å²) in [6.45, 7) is 3.97. The Balaban J connectivity index is 2.26. The summed E-state index contributed by atoms with van der Waals surface area (Å²) in [5.74, 6) is 1.06. The highest BCUT2D eigenvalue weighted by atomic mass is 35.5. The zero-order chi connectivity index (χ0) is 9.97. The Morgan fingerprint density at radius 3 is 2.93 bits per heavy atom. The normalized spacial score (nSPS) is 16.7. The molecule has 0 amide bonds. The first-order chi connectivity index (χ1) is 6.77. The molecule has 0 unspecified atom stereocenters. The van der Waals surface area contributed by atoms with Crippen LogP contribution in [0.3, 0.4) is 0 Å². The molecule has 1 aromatic rings. The van der Waals surface area contributed by atoms with Gasteiger partial charge in [-0.05, 0) is 25.5 Å². The van der Waals surface area contributed by atoms with Gasteiger partial charge in [-0.2, -0.15) is 0 Å². The standard InChI is InChI=1S/C10H12ClN3/c1-8-12-5-2-6-14(8)9-3-4-10(11)13-7-9/h3-4,7H,2,5-6H2,1H3. The summed E-state index contributed by atoms with van der Waals surface area (Å²) in [6, 6.07) is 3.78. The maximum atomic E-state index is 5.73. The Hall–Kier alpha value is -1.09. The number of pyridine rings is 1. The van der Waals surface area contributed by atoms with Crippen LogP contribution in [0.4, 0.5) is 5.69 Å².